The number of rotatable bonds is 9. The first-order valence-corrected chi connectivity index (χ1v) is 11.2. The lowest BCUT2D eigenvalue weighted by molar-refractivity contribution is 0.0953. The molecule has 4 rings (SSSR count). The molecule has 1 aliphatic rings. The summed E-state index contributed by atoms with van der Waals surface area (Å²) in [5, 5.41) is 26.1. The predicted octanol–water partition coefficient (Wildman–Crippen LogP) is 2.64. The van der Waals surface area contributed by atoms with Crippen LogP contribution in [0.15, 0.2) is 65.8 Å². The topological polar surface area (TPSA) is 117 Å². The molecule has 0 unspecified atom stereocenters. The summed E-state index contributed by atoms with van der Waals surface area (Å²) < 4.78 is 0. The zero-order valence-corrected chi connectivity index (χ0v) is 19.1. The molecule has 0 saturated carbocycles. The number of anilines is 2. The van der Waals surface area contributed by atoms with Crippen molar-refractivity contribution in [3.8, 4) is 0 Å². The molecule has 0 saturated heterocycles. The van der Waals surface area contributed by atoms with E-state index in [-0.39, 0.29) is 11.9 Å². The molecule has 2 heterocycles. The van der Waals surface area contributed by atoms with E-state index in [9.17, 15) is 15.2 Å². The van der Waals surface area contributed by atoms with Crippen LogP contribution in [0.25, 0.3) is 10.9 Å². The smallest absolute Gasteiger partial charge is 0.253 e. The lowest BCUT2D eigenvalue weighted by Crippen LogP contribution is -2.52. The molecule has 34 heavy (non-hydrogen) atoms. The molecule has 178 valence electrons. The summed E-state index contributed by atoms with van der Waals surface area (Å²) >= 11 is 0. The van der Waals surface area contributed by atoms with Crippen LogP contribution in [0.1, 0.15) is 23.2 Å². The Labute approximate surface area is 198 Å². The highest BCUT2D eigenvalue weighted by atomic mass is 16.6. The number of hydrogen-bond acceptors (Lipinski definition) is 7. The number of para-hydroxylation sites is 3. The van der Waals surface area contributed by atoms with Crippen molar-refractivity contribution in [1.29, 1.82) is 0 Å². The van der Waals surface area contributed by atoms with E-state index in [1.165, 1.54) is 0 Å². The van der Waals surface area contributed by atoms with Crippen molar-refractivity contribution in [1.82, 2.24) is 20.6 Å². The predicted molar refractivity (Wildman–Crippen MR) is 131 cm³/mol. The van der Waals surface area contributed by atoms with Gasteiger partial charge < -0.3 is 10.2 Å². The van der Waals surface area contributed by atoms with Gasteiger partial charge in [-0.1, -0.05) is 30.3 Å². The van der Waals surface area contributed by atoms with Gasteiger partial charge in [-0.3, -0.25) is 20.2 Å². The Hall–Kier alpha value is -3.73. The van der Waals surface area contributed by atoms with Crippen LogP contribution in [0.4, 0.5) is 11.4 Å². The van der Waals surface area contributed by atoms with Gasteiger partial charge in [0.25, 0.3) is 5.91 Å². The minimum Gasteiger partial charge on any atom is -0.352 e. The highest BCUT2D eigenvalue weighted by molar-refractivity contribution is 6.05. The van der Waals surface area contributed by atoms with E-state index in [4.69, 9.17) is 0 Å². The summed E-state index contributed by atoms with van der Waals surface area (Å²) in [5.41, 5.74) is 4.82. The molecule has 0 aliphatic carbocycles. The monoisotopic (exact) mass is 463 g/mol. The Balaban J connectivity index is 1.17. The van der Waals surface area contributed by atoms with Crippen LogP contribution in [-0.4, -0.2) is 65.4 Å². The zero-order valence-electron chi connectivity index (χ0n) is 19.1. The van der Waals surface area contributed by atoms with E-state index >= 15 is 0 Å². The van der Waals surface area contributed by atoms with Crippen molar-refractivity contribution in [2.24, 2.45) is 4.99 Å². The SMILES string of the molecule is CN(CCCN=C1NN(O)c2ccccc2N1O)CCCNC(=O)c1cccc2cccnc12. The fraction of sp³-hybridized carbons (Fsp3) is 0.292. The number of nitrogens with one attached hydrogen (secondary N) is 2. The maximum atomic E-state index is 12.6. The van der Waals surface area contributed by atoms with E-state index < -0.39 is 0 Å². The molecule has 0 bridgehead atoms. The lowest BCUT2D eigenvalue weighted by Gasteiger charge is -2.32. The Kier molecular flexibility index (Phi) is 7.53. The lowest BCUT2D eigenvalue weighted by atomic mass is 10.1. The summed E-state index contributed by atoms with van der Waals surface area (Å²) in [7, 11) is 2.02. The third kappa shape index (κ3) is 5.42. The first kappa shape index (κ1) is 23.4. The second kappa shape index (κ2) is 10.9. The van der Waals surface area contributed by atoms with Gasteiger partial charge in [0.2, 0.25) is 5.96 Å². The molecule has 1 amide bonds. The molecule has 0 fully saturated rings. The molecular formula is C24H29N7O3. The fourth-order valence-electron chi connectivity index (χ4n) is 3.81. The van der Waals surface area contributed by atoms with E-state index in [1.807, 2.05) is 31.3 Å². The van der Waals surface area contributed by atoms with Gasteiger partial charge in [-0.2, -0.15) is 10.2 Å². The Bertz CT molecular complexity index is 1160. The number of benzene rings is 2. The number of hydroxylamine groups is 1. The number of aliphatic imine (C=N–C) groups is 1. The molecular weight excluding hydrogens is 434 g/mol. The summed E-state index contributed by atoms with van der Waals surface area (Å²) in [6.45, 7) is 2.68. The molecule has 1 aliphatic heterocycles. The Morgan fingerprint density at radius 3 is 2.68 bits per heavy atom. The number of nitrogens with zero attached hydrogens (tertiary/aromatic N) is 5. The van der Waals surface area contributed by atoms with Gasteiger partial charge in [0.15, 0.2) is 0 Å². The molecule has 2 aromatic carbocycles. The van der Waals surface area contributed by atoms with Gasteiger partial charge in [-0.25, -0.2) is 10.4 Å². The highest BCUT2D eigenvalue weighted by Gasteiger charge is 2.25. The largest absolute Gasteiger partial charge is 0.352 e. The summed E-state index contributed by atoms with van der Waals surface area (Å²) in [6, 6.07) is 16.3. The standard InChI is InChI=1S/C24H29N7O3/c1-29(16-6-14-26-23(32)19-10-4-8-18-9-5-13-25-22(18)19)17-7-15-27-24-28-31(34)21-12-3-2-11-20(21)30(24)33/h2-5,8-13,33-34H,6-7,14-17H2,1H3,(H,26,32)(H,27,28). The van der Waals surface area contributed by atoms with Crippen molar-refractivity contribution in [3.05, 3.63) is 66.4 Å². The van der Waals surface area contributed by atoms with E-state index in [2.05, 4.69) is 25.6 Å². The fourth-order valence-corrected chi connectivity index (χ4v) is 3.81. The van der Waals surface area contributed by atoms with Gasteiger partial charge in [-0.15, -0.1) is 0 Å². The van der Waals surface area contributed by atoms with Crippen LogP contribution >= 0.6 is 0 Å². The minimum absolute atomic E-state index is 0.115. The highest BCUT2D eigenvalue weighted by Crippen LogP contribution is 2.29. The van der Waals surface area contributed by atoms with Crippen LogP contribution < -0.4 is 21.0 Å². The summed E-state index contributed by atoms with van der Waals surface area (Å²) in [6.07, 6.45) is 3.29. The van der Waals surface area contributed by atoms with E-state index in [0.717, 1.165) is 41.6 Å². The molecule has 1 aromatic heterocycles. The average Bonchev–Trinajstić information content (AvgIpc) is 2.86. The number of carbonyl (C=O) groups excluding carboxylic acids is 1. The van der Waals surface area contributed by atoms with Gasteiger partial charge in [0.1, 0.15) is 11.4 Å². The van der Waals surface area contributed by atoms with Gasteiger partial charge >= 0.3 is 0 Å². The van der Waals surface area contributed by atoms with Gasteiger partial charge in [-0.05, 0) is 57.2 Å². The summed E-state index contributed by atoms with van der Waals surface area (Å²) in [5.74, 6) is 0.0466. The molecule has 0 atom stereocenters. The van der Waals surface area contributed by atoms with Crippen LogP contribution in [0.3, 0.4) is 0 Å². The number of hydrogen-bond donors (Lipinski definition) is 4. The first-order valence-electron chi connectivity index (χ1n) is 11.2. The van der Waals surface area contributed by atoms with Crippen molar-refractivity contribution >= 4 is 34.1 Å². The van der Waals surface area contributed by atoms with E-state index in [0.29, 0.717) is 35.5 Å². The molecule has 0 spiro atoms. The number of amides is 1. The van der Waals surface area contributed by atoms with Crippen LogP contribution in [-0.2, 0) is 0 Å². The van der Waals surface area contributed by atoms with Gasteiger partial charge in [0.05, 0.1) is 11.1 Å². The van der Waals surface area contributed by atoms with Crippen molar-refractivity contribution in [2.75, 3.05) is 43.5 Å². The quantitative estimate of drug-likeness (QED) is 0.358. The normalized spacial score (nSPS) is 14.4. The summed E-state index contributed by atoms with van der Waals surface area (Å²) in [4.78, 5) is 23.4. The molecule has 10 heteroatoms. The number of guanidine groups is 1. The zero-order chi connectivity index (χ0) is 23.9. The Morgan fingerprint density at radius 2 is 1.82 bits per heavy atom. The number of aromatic nitrogens is 1. The second-order valence-electron chi connectivity index (χ2n) is 8.08. The molecule has 3 aromatic rings. The third-order valence-corrected chi connectivity index (χ3v) is 5.58. The number of fused-ring (bicyclic) bond motifs is 2. The Morgan fingerprint density at radius 1 is 1.06 bits per heavy atom. The van der Waals surface area contributed by atoms with Crippen molar-refractivity contribution in [3.63, 3.8) is 0 Å². The van der Waals surface area contributed by atoms with E-state index in [1.54, 1.807) is 36.5 Å². The van der Waals surface area contributed by atoms with Gasteiger partial charge in [0, 0.05) is 24.7 Å². The second-order valence-corrected chi connectivity index (χ2v) is 8.08. The maximum absolute atomic E-state index is 12.6. The molecule has 0 radical (unpaired) electrons. The molecule has 4 N–H and O–H groups in total. The number of hydrazine groups is 1. The first-order chi connectivity index (χ1) is 16.5. The van der Waals surface area contributed by atoms with Crippen LogP contribution in [0, 0.1) is 0 Å². The van der Waals surface area contributed by atoms with Crippen LogP contribution in [0.2, 0.25) is 0 Å². The number of pyridine rings is 1. The molecule has 10 nitrogen and oxygen atoms in total. The maximum Gasteiger partial charge on any atom is 0.253 e. The third-order valence-electron chi connectivity index (χ3n) is 5.58. The minimum atomic E-state index is -0.115. The van der Waals surface area contributed by atoms with Crippen molar-refractivity contribution < 1.29 is 15.2 Å². The number of carbonyl (C=O) groups is 1. The van der Waals surface area contributed by atoms with Crippen LogP contribution in [0.5, 0.6) is 0 Å². The van der Waals surface area contributed by atoms with Crippen molar-refractivity contribution in [2.45, 2.75) is 12.8 Å². The average molecular weight is 464 g/mol.